The van der Waals surface area contributed by atoms with Crippen LogP contribution < -0.4 is 5.32 Å². The maximum atomic E-state index is 4.41. The Hall–Kier alpha value is -1.62. The van der Waals surface area contributed by atoms with Gasteiger partial charge in [0.2, 0.25) is 0 Å². The number of hydrogen-bond acceptors (Lipinski definition) is 3. The highest BCUT2D eigenvalue weighted by molar-refractivity contribution is 4.97. The molecular formula is C13H21N5. The molecule has 0 aromatic carbocycles. The summed E-state index contributed by atoms with van der Waals surface area (Å²) in [6, 6.07) is 2.78. The molecule has 5 heteroatoms. The Kier molecular flexibility index (Phi) is 4.15. The number of nitrogens with zero attached hydrogens (tertiary/aromatic N) is 4. The summed E-state index contributed by atoms with van der Waals surface area (Å²) in [4.78, 5) is 4.41. The van der Waals surface area contributed by atoms with Crippen LogP contribution in [0.4, 0.5) is 0 Å². The third-order valence-corrected chi connectivity index (χ3v) is 2.87. The average molecular weight is 247 g/mol. The number of imidazole rings is 1. The van der Waals surface area contributed by atoms with Crippen molar-refractivity contribution in [3.8, 4) is 0 Å². The van der Waals surface area contributed by atoms with Gasteiger partial charge < -0.3 is 9.88 Å². The van der Waals surface area contributed by atoms with E-state index in [0.717, 1.165) is 18.8 Å². The number of nitrogens with one attached hydrogen (secondary N) is 1. The van der Waals surface area contributed by atoms with Gasteiger partial charge in [-0.3, -0.25) is 4.68 Å². The van der Waals surface area contributed by atoms with E-state index in [0.29, 0.717) is 12.1 Å². The maximum absolute atomic E-state index is 4.41. The van der Waals surface area contributed by atoms with Gasteiger partial charge in [0.05, 0.1) is 24.6 Å². The van der Waals surface area contributed by atoms with E-state index in [-0.39, 0.29) is 0 Å². The molecular weight excluding hydrogens is 226 g/mol. The summed E-state index contributed by atoms with van der Waals surface area (Å²) in [5.41, 5.74) is 1.08. The molecule has 1 unspecified atom stereocenters. The van der Waals surface area contributed by atoms with Gasteiger partial charge in [0.25, 0.3) is 0 Å². The first kappa shape index (κ1) is 12.8. The molecule has 0 amide bonds. The third-order valence-electron chi connectivity index (χ3n) is 2.87. The molecule has 0 fully saturated rings. The van der Waals surface area contributed by atoms with Crippen LogP contribution in [-0.2, 0) is 13.1 Å². The Morgan fingerprint density at radius 3 is 2.83 bits per heavy atom. The predicted molar refractivity (Wildman–Crippen MR) is 71.1 cm³/mol. The van der Waals surface area contributed by atoms with Gasteiger partial charge in [-0.1, -0.05) is 13.8 Å². The lowest BCUT2D eigenvalue weighted by Gasteiger charge is -2.12. The van der Waals surface area contributed by atoms with E-state index in [2.05, 4.69) is 46.9 Å². The molecule has 18 heavy (non-hydrogen) atoms. The van der Waals surface area contributed by atoms with Crippen LogP contribution in [-0.4, -0.2) is 25.4 Å². The van der Waals surface area contributed by atoms with Gasteiger partial charge >= 0.3 is 0 Å². The summed E-state index contributed by atoms with van der Waals surface area (Å²) in [7, 11) is 0. The number of rotatable bonds is 6. The molecule has 0 aliphatic rings. The first-order chi connectivity index (χ1) is 8.65. The van der Waals surface area contributed by atoms with Crippen LogP contribution in [0.3, 0.4) is 0 Å². The molecule has 0 saturated carbocycles. The smallest absolute Gasteiger partial charge is 0.0953 e. The van der Waals surface area contributed by atoms with E-state index in [1.54, 1.807) is 6.20 Å². The highest BCUT2D eigenvalue weighted by Gasteiger charge is 2.07. The van der Waals surface area contributed by atoms with Crippen LogP contribution >= 0.6 is 0 Å². The highest BCUT2D eigenvalue weighted by Crippen LogP contribution is 2.09. The Morgan fingerprint density at radius 1 is 1.33 bits per heavy atom. The molecule has 2 aromatic rings. The van der Waals surface area contributed by atoms with E-state index in [9.17, 15) is 0 Å². The third kappa shape index (κ3) is 3.43. The van der Waals surface area contributed by atoms with E-state index < -0.39 is 0 Å². The standard InChI is InChI=1S/C13H21N5/c1-11(2)14-7-13-9-17(10-15-13)12(3)8-18-6-4-5-16-18/h4-6,9-12,14H,7-8H2,1-3H3. The van der Waals surface area contributed by atoms with E-state index in [1.165, 1.54) is 0 Å². The largest absolute Gasteiger partial charge is 0.333 e. The molecule has 0 bridgehead atoms. The van der Waals surface area contributed by atoms with Crippen molar-refractivity contribution in [3.63, 3.8) is 0 Å². The van der Waals surface area contributed by atoms with E-state index in [4.69, 9.17) is 0 Å². The molecule has 0 spiro atoms. The van der Waals surface area contributed by atoms with Crippen LogP contribution in [0.1, 0.15) is 32.5 Å². The van der Waals surface area contributed by atoms with E-state index >= 15 is 0 Å². The lowest BCUT2D eigenvalue weighted by atomic mass is 10.3. The Balaban J connectivity index is 1.92. The topological polar surface area (TPSA) is 47.7 Å². The second-order valence-electron chi connectivity index (χ2n) is 4.92. The van der Waals surface area contributed by atoms with Crippen molar-refractivity contribution in [2.45, 2.75) is 45.9 Å². The minimum atomic E-state index is 0.352. The second kappa shape index (κ2) is 5.82. The van der Waals surface area contributed by atoms with Crippen LogP contribution in [0.5, 0.6) is 0 Å². The Bertz CT molecular complexity index is 457. The molecule has 2 aromatic heterocycles. The summed E-state index contributed by atoms with van der Waals surface area (Å²) < 4.78 is 4.08. The summed E-state index contributed by atoms with van der Waals surface area (Å²) >= 11 is 0. The van der Waals surface area contributed by atoms with Gasteiger partial charge in [-0.25, -0.2) is 4.98 Å². The molecule has 0 aliphatic carbocycles. The first-order valence-electron chi connectivity index (χ1n) is 6.38. The van der Waals surface area contributed by atoms with Crippen LogP contribution in [0, 0.1) is 0 Å². The zero-order chi connectivity index (χ0) is 13.0. The second-order valence-corrected chi connectivity index (χ2v) is 4.92. The minimum Gasteiger partial charge on any atom is -0.333 e. The molecule has 0 radical (unpaired) electrons. The average Bonchev–Trinajstić information content (AvgIpc) is 2.96. The lowest BCUT2D eigenvalue weighted by Crippen LogP contribution is -2.22. The molecule has 2 heterocycles. The molecule has 2 rings (SSSR count). The van der Waals surface area contributed by atoms with Crippen molar-refractivity contribution in [1.82, 2.24) is 24.6 Å². The van der Waals surface area contributed by atoms with Crippen molar-refractivity contribution in [3.05, 3.63) is 36.7 Å². The number of hydrogen-bond donors (Lipinski definition) is 1. The summed E-state index contributed by atoms with van der Waals surface area (Å²) in [5, 5.41) is 7.58. The zero-order valence-corrected chi connectivity index (χ0v) is 11.2. The first-order valence-corrected chi connectivity index (χ1v) is 6.38. The Morgan fingerprint density at radius 2 is 2.17 bits per heavy atom. The van der Waals surface area contributed by atoms with Gasteiger partial charge in [-0.2, -0.15) is 5.10 Å². The fourth-order valence-corrected chi connectivity index (χ4v) is 1.79. The Labute approximate surface area is 108 Å². The monoisotopic (exact) mass is 247 g/mol. The van der Waals surface area contributed by atoms with Crippen molar-refractivity contribution in [1.29, 1.82) is 0 Å². The van der Waals surface area contributed by atoms with Crippen LogP contribution in [0.15, 0.2) is 31.0 Å². The molecule has 98 valence electrons. The molecule has 1 atom stereocenters. The van der Waals surface area contributed by atoms with Gasteiger partial charge in [-0.05, 0) is 13.0 Å². The highest BCUT2D eigenvalue weighted by atomic mass is 15.3. The SMILES string of the molecule is CC(C)NCc1cn(C(C)Cn2cccn2)cn1. The molecule has 1 N–H and O–H groups in total. The van der Waals surface area contributed by atoms with Crippen molar-refractivity contribution in [2.75, 3.05) is 0 Å². The van der Waals surface area contributed by atoms with Gasteiger partial charge in [0, 0.05) is 31.2 Å². The quantitative estimate of drug-likeness (QED) is 0.847. The predicted octanol–water partition coefficient (Wildman–Crippen LogP) is 1.84. The minimum absolute atomic E-state index is 0.352. The van der Waals surface area contributed by atoms with Gasteiger partial charge in [0.15, 0.2) is 0 Å². The van der Waals surface area contributed by atoms with Crippen LogP contribution in [0.2, 0.25) is 0 Å². The molecule has 0 saturated heterocycles. The normalized spacial score (nSPS) is 13.1. The maximum Gasteiger partial charge on any atom is 0.0953 e. The summed E-state index contributed by atoms with van der Waals surface area (Å²) in [5.74, 6) is 0. The van der Waals surface area contributed by atoms with Crippen molar-refractivity contribution >= 4 is 0 Å². The van der Waals surface area contributed by atoms with Crippen LogP contribution in [0.25, 0.3) is 0 Å². The zero-order valence-electron chi connectivity index (χ0n) is 11.2. The molecule has 5 nitrogen and oxygen atoms in total. The number of aromatic nitrogens is 4. The van der Waals surface area contributed by atoms with E-state index in [1.807, 2.05) is 23.3 Å². The molecule has 0 aliphatic heterocycles. The summed E-state index contributed by atoms with van der Waals surface area (Å²) in [6.45, 7) is 8.12. The van der Waals surface area contributed by atoms with Gasteiger partial charge in [-0.15, -0.1) is 0 Å². The van der Waals surface area contributed by atoms with Gasteiger partial charge in [0.1, 0.15) is 0 Å². The van der Waals surface area contributed by atoms with Crippen molar-refractivity contribution in [2.24, 2.45) is 0 Å². The fraction of sp³-hybridized carbons (Fsp3) is 0.538. The lowest BCUT2D eigenvalue weighted by molar-refractivity contribution is 0.436. The fourth-order valence-electron chi connectivity index (χ4n) is 1.79. The van der Waals surface area contributed by atoms with Crippen molar-refractivity contribution < 1.29 is 0 Å². The summed E-state index contributed by atoms with van der Waals surface area (Å²) in [6.07, 6.45) is 7.78.